The lowest BCUT2D eigenvalue weighted by Gasteiger charge is -2.05. The van der Waals surface area contributed by atoms with Crippen LogP contribution in [0.1, 0.15) is 11.1 Å². The average Bonchev–Trinajstić information content (AvgIpc) is 2.20. The van der Waals surface area contributed by atoms with E-state index in [1.54, 1.807) is 12.1 Å². The number of nitrogens with two attached hydrogens (primary N) is 1. The van der Waals surface area contributed by atoms with Crippen molar-refractivity contribution in [1.29, 1.82) is 5.26 Å². The summed E-state index contributed by atoms with van der Waals surface area (Å²) in [6.45, 7) is 2.05. The molecule has 0 fully saturated rings. The molecule has 0 saturated carbocycles. The Morgan fingerprint density at radius 1 is 1.50 bits per heavy atom. The first-order valence-electron chi connectivity index (χ1n) is 4.37. The molecule has 0 unspecified atom stereocenters. The minimum Gasteiger partial charge on any atom is -0.329 e. The maximum Gasteiger partial charge on any atom is 0.0992 e. The van der Waals surface area contributed by atoms with E-state index >= 15 is 0 Å². The summed E-state index contributed by atoms with van der Waals surface area (Å²) in [5.74, 6) is 0. The highest BCUT2D eigenvalue weighted by Crippen LogP contribution is 2.17. The highest BCUT2D eigenvalue weighted by Gasteiger charge is 2.00. The summed E-state index contributed by atoms with van der Waals surface area (Å²) in [5, 5.41) is 12.4. The second-order valence-corrected chi connectivity index (χ2v) is 3.29. The normalized spacial score (nSPS) is 9.79. The molecule has 1 aromatic rings. The van der Waals surface area contributed by atoms with Crippen LogP contribution < -0.4 is 11.1 Å². The standard InChI is InChI=1S/C10H12ClN3/c11-10-5-8(6-13)1-2-9(10)7-14-4-3-12/h1-2,5,14H,3-4,7,12H2. The minimum atomic E-state index is 0.581. The molecule has 0 atom stereocenters. The van der Waals surface area contributed by atoms with E-state index in [9.17, 15) is 0 Å². The van der Waals surface area contributed by atoms with Crippen LogP contribution in [0.25, 0.3) is 0 Å². The molecule has 0 aliphatic rings. The Morgan fingerprint density at radius 2 is 2.29 bits per heavy atom. The van der Waals surface area contributed by atoms with Gasteiger partial charge in [0.25, 0.3) is 0 Å². The van der Waals surface area contributed by atoms with E-state index in [0.29, 0.717) is 23.7 Å². The lowest BCUT2D eigenvalue weighted by Crippen LogP contribution is -2.21. The molecule has 0 aliphatic carbocycles. The van der Waals surface area contributed by atoms with Crippen LogP contribution in [0.2, 0.25) is 5.02 Å². The molecule has 0 bridgehead atoms. The Hall–Kier alpha value is -1.08. The molecule has 0 heterocycles. The van der Waals surface area contributed by atoms with Gasteiger partial charge in [0, 0.05) is 24.7 Å². The summed E-state index contributed by atoms with van der Waals surface area (Å²) in [6.07, 6.45) is 0. The molecule has 1 aromatic carbocycles. The lowest BCUT2D eigenvalue weighted by atomic mass is 10.1. The fraction of sp³-hybridized carbons (Fsp3) is 0.300. The Kier molecular flexibility index (Phi) is 4.41. The van der Waals surface area contributed by atoms with Gasteiger partial charge in [0.1, 0.15) is 0 Å². The SMILES string of the molecule is N#Cc1ccc(CNCCN)c(Cl)c1. The van der Waals surface area contributed by atoms with Crippen LogP contribution in [0, 0.1) is 11.3 Å². The van der Waals surface area contributed by atoms with Crippen molar-refractivity contribution >= 4 is 11.6 Å². The van der Waals surface area contributed by atoms with E-state index in [1.807, 2.05) is 12.1 Å². The van der Waals surface area contributed by atoms with Crippen LogP contribution in [0.3, 0.4) is 0 Å². The van der Waals surface area contributed by atoms with E-state index < -0.39 is 0 Å². The molecule has 1 rings (SSSR count). The van der Waals surface area contributed by atoms with Gasteiger partial charge in [0.05, 0.1) is 11.6 Å². The fourth-order valence-electron chi connectivity index (χ4n) is 1.09. The zero-order chi connectivity index (χ0) is 10.4. The van der Waals surface area contributed by atoms with Crippen LogP contribution in [-0.2, 0) is 6.54 Å². The molecule has 4 heteroatoms. The number of nitriles is 1. The van der Waals surface area contributed by atoms with Gasteiger partial charge in [-0.15, -0.1) is 0 Å². The number of benzene rings is 1. The van der Waals surface area contributed by atoms with Crippen molar-refractivity contribution in [3.05, 3.63) is 34.3 Å². The predicted molar refractivity (Wildman–Crippen MR) is 56.9 cm³/mol. The minimum absolute atomic E-state index is 0.581. The summed E-state index contributed by atoms with van der Waals surface area (Å²) >= 11 is 5.96. The number of hydrogen-bond acceptors (Lipinski definition) is 3. The van der Waals surface area contributed by atoms with Crippen molar-refractivity contribution in [3.63, 3.8) is 0 Å². The van der Waals surface area contributed by atoms with Gasteiger partial charge in [-0.25, -0.2) is 0 Å². The number of nitrogens with one attached hydrogen (secondary N) is 1. The monoisotopic (exact) mass is 209 g/mol. The smallest absolute Gasteiger partial charge is 0.0992 e. The van der Waals surface area contributed by atoms with Gasteiger partial charge in [0.2, 0.25) is 0 Å². The molecule has 74 valence electrons. The summed E-state index contributed by atoms with van der Waals surface area (Å²) in [6, 6.07) is 7.31. The van der Waals surface area contributed by atoms with Gasteiger partial charge in [-0.3, -0.25) is 0 Å². The third-order valence-electron chi connectivity index (χ3n) is 1.82. The third kappa shape index (κ3) is 3.00. The van der Waals surface area contributed by atoms with Crippen molar-refractivity contribution in [3.8, 4) is 6.07 Å². The first-order chi connectivity index (χ1) is 6.77. The van der Waals surface area contributed by atoms with Gasteiger partial charge in [-0.2, -0.15) is 5.26 Å². The lowest BCUT2D eigenvalue weighted by molar-refractivity contribution is 0.695. The van der Waals surface area contributed by atoms with Crippen molar-refractivity contribution in [1.82, 2.24) is 5.32 Å². The van der Waals surface area contributed by atoms with Gasteiger partial charge in [0.15, 0.2) is 0 Å². The molecule has 3 nitrogen and oxygen atoms in total. The zero-order valence-electron chi connectivity index (χ0n) is 7.76. The molecule has 0 spiro atoms. The Bertz CT molecular complexity index is 344. The number of halogens is 1. The van der Waals surface area contributed by atoms with E-state index in [0.717, 1.165) is 12.1 Å². The van der Waals surface area contributed by atoms with Crippen LogP contribution >= 0.6 is 11.6 Å². The van der Waals surface area contributed by atoms with Crippen LogP contribution in [0.15, 0.2) is 18.2 Å². The highest BCUT2D eigenvalue weighted by atomic mass is 35.5. The molecule has 0 aliphatic heterocycles. The van der Waals surface area contributed by atoms with E-state index in [-0.39, 0.29) is 0 Å². The molecule has 14 heavy (non-hydrogen) atoms. The molecule has 0 amide bonds. The summed E-state index contributed by atoms with van der Waals surface area (Å²) in [5.41, 5.74) is 6.90. The van der Waals surface area contributed by atoms with Crippen LogP contribution in [-0.4, -0.2) is 13.1 Å². The number of hydrogen-bond donors (Lipinski definition) is 2. The quantitative estimate of drug-likeness (QED) is 0.734. The van der Waals surface area contributed by atoms with Gasteiger partial charge >= 0.3 is 0 Å². The van der Waals surface area contributed by atoms with Crippen molar-refractivity contribution in [2.75, 3.05) is 13.1 Å². The van der Waals surface area contributed by atoms with Crippen molar-refractivity contribution < 1.29 is 0 Å². The first kappa shape index (κ1) is 11.0. The molecular weight excluding hydrogens is 198 g/mol. The van der Waals surface area contributed by atoms with Crippen LogP contribution in [0.4, 0.5) is 0 Å². The number of nitrogens with zero attached hydrogens (tertiary/aromatic N) is 1. The highest BCUT2D eigenvalue weighted by molar-refractivity contribution is 6.31. The third-order valence-corrected chi connectivity index (χ3v) is 2.17. The maximum atomic E-state index is 8.63. The van der Waals surface area contributed by atoms with Crippen molar-refractivity contribution in [2.45, 2.75) is 6.54 Å². The van der Waals surface area contributed by atoms with E-state index in [4.69, 9.17) is 22.6 Å². The zero-order valence-corrected chi connectivity index (χ0v) is 8.51. The van der Waals surface area contributed by atoms with Crippen molar-refractivity contribution in [2.24, 2.45) is 5.73 Å². The van der Waals surface area contributed by atoms with Crippen LogP contribution in [0.5, 0.6) is 0 Å². The second kappa shape index (κ2) is 5.61. The Morgan fingerprint density at radius 3 is 2.86 bits per heavy atom. The second-order valence-electron chi connectivity index (χ2n) is 2.88. The fourth-order valence-corrected chi connectivity index (χ4v) is 1.33. The van der Waals surface area contributed by atoms with E-state index in [1.165, 1.54) is 0 Å². The predicted octanol–water partition coefficient (Wildman–Crippen LogP) is 1.26. The summed E-state index contributed by atoms with van der Waals surface area (Å²) in [7, 11) is 0. The maximum absolute atomic E-state index is 8.63. The van der Waals surface area contributed by atoms with Gasteiger partial charge < -0.3 is 11.1 Å². The first-order valence-corrected chi connectivity index (χ1v) is 4.75. The number of rotatable bonds is 4. The largest absolute Gasteiger partial charge is 0.329 e. The molecule has 0 radical (unpaired) electrons. The summed E-state index contributed by atoms with van der Waals surface area (Å²) in [4.78, 5) is 0. The average molecular weight is 210 g/mol. The molecule has 3 N–H and O–H groups in total. The topological polar surface area (TPSA) is 61.8 Å². The van der Waals surface area contributed by atoms with Gasteiger partial charge in [-0.05, 0) is 17.7 Å². The Balaban J connectivity index is 2.65. The molecule has 0 aromatic heterocycles. The summed E-state index contributed by atoms with van der Waals surface area (Å²) < 4.78 is 0. The van der Waals surface area contributed by atoms with E-state index in [2.05, 4.69) is 5.32 Å². The molecular formula is C10H12ClN3. The molecule has 0 saturated heterocycles. The Labute approximate surface area is 88.5 Å². The van der Waals surface area contributed by atoms with Gasteiger partial charge in [-0.1, -0.05) is 17.7 Å².